The summed E-state index contributed by atoms with van der Waals surface area (Å²) in [6.45, 7) is 1.94. The minimum Gasteiger partial charge on any atom is -0.316 e. The molecule has 0 spiro atoms. The van der Waals surface area contributed by atoms with Gasteiger partial charge in [-0.2, -0.15) is 0 Å². The minimum absolute atomic E-state index is 0.0710. The molecule has 0 saturated carbocycles. The van der Waals surface area contributed by atoms with E-state index < -0.39 is 22.0 Å². The van der Waals surface area contributed by atoms with Crippen molar-refractivity contribution in [1.82, 2.24) is 10.2 Å². The number of aryl methyl sites for hydroxylation is 1. The van der Waals surface area contributed by atoms with Crippen molar-refractivity contribution in [3.05, 3.63) is 35.4 Å². The van der Waals surface area contributed by atoms with Crippen LogP contribution in [0.25, 0.3) is 0 Å². The Hall–Kier alpha value is -2.04. The number of anilines is 2. The fourth-order valence-corrected chi connectivity index (χ4v) is 3.06. The lowest BCUT2D eigenvalue weighted by Gasteiger charge is -2.10. The molecule has 1 aromatic heterocycles. The Bertz CT molecular complexity index is 770. The standard InChI is InChI=1S/C12H15N5O3S2/c1-7-3-5-8(6-4-7)9(13)10(18)14-11-15-16-12(21-11)17-22(2,19)20/h3-6,9H,13H2,1-2H3,(H,16,17)(H,14,15,18). The molecular formula is C12H15N5O3S2. The number of hydrogen-bond acceptors (Lipinski definition) is 7. The van der Waals surface area contributed by atoms with Gasteiger partial charge in [0.25, 0.3) is 0 Å². The van der Waals surface area contributed by atoms with E-state index in [-0.39, 0.29) is 10.3 Å². The Morgan fingerprint density at radius 2 is 1.82 bits per heavy atom. The third-order valence-corrected chi connectivity index (χ3v) is 4.09. The predicted molar refractivity (Wildman–Crippen MR) is 85.1 cm³/mol. The van der Waals surface area contributed by atoms with E-state index in [1.807, 2.05) is 19.1 Å². The van der Waals surface area contributed by atoms with E-state index in [0.717, 1.165) is 23.2 Å². The monoisotopic (exact) mass is 341 g/mol. The van der Waals surface area contributed by atoms with Crippen LogP contribution >= 0.6 is 11.3 Å². The van der Waals surface area contributed by atoms with Gasteiger partial charge in [0.15, 0.2) is 0 Å². The number of carbonyl (C=O) groups excluding carboxylic acids is 1. The molecule has 0 radical (unpaired) electrons. The van der Waals surface area contributed by atoms with E-state index in [0.29, 0.717) is 5.56 Å². The van der Waals surface area contributed by atoms with Gasteiger partial charge >= 0.3 is 0 Å². The van der Waals surface area contributed by atoms with Crippen LogP contribution in [0.2, 0.25) is 0 Å². The van der Waals surface area contributed by atoms with Crippen molar-refractivity contribution in [2.45, 2.75) is 13.0 Å². The highest BCUT2D eigenvalue weighted by atomic mass is 32.2. The smallest absolute Gasteiger partial charge is 0.247 e. The maximum Gasteiger partial charge on any atom is 0.247 e. The Morgan fingerprint density at radius 3 is 2.41 bits per heavy atom. The lowest BCUT2D eigenvalue weighted by molar-refractivity contribution is -0.117. The molecule has 118 valence electrons. The number of hydrogen-bond donors (Lipinski definition) is 3. The van der Waals surface area contributed by atoms with Crippen molar-refractivity contribution in [1.29, 1.82) is 0 Å². The van der Waals surface area contributed by atoms with Gasteiger partial charge < -0.3 is 5.73 Å². The normalized spacial score (nSPS) is 12.7. The van der Waals surface area contributed by atoms with Crippen LogP contribution in [0.1, 0.15) is 17.2 Å². The lowest BCUT2D eigenvalue weighted by Crippen LogP contribution is -2.27. The number of benzene rings is 1. The molecule has 1 atom stereocenters. The maximum atomic E-state index is 12.1. The highest BCUT2D eigenvalue weighted by Crippen LogP contribution is 2.22. The van der Waals surface area contributed by atoms with Gasteiger partial charge in [-0.1, -0.05) is 41.2 Å². The minimum atomic E-state index is -3.44. The zero-order valence-electron chi connectivity index (χ0n) is 11.9. The second kappa shape index (κ2) is 6.38. The molecule has 1 aromatic carbocycles. The molecule has 8 nitrogen and oxygen atoms in total. The van der Waals surface area contributed by atoms with Gasteiger partial charge in [-0.15, -0.1) is 10.2 Å². The van der Waals surface area contributed by atoms with Gasteiger partial charge in [-0.05, 0) is 12.5 Å². The first-order valence-electron chi connectivity index (χ1n) is 6.19. The summed E-state index contributed by atoms with van der Waals surface area (Å²) in [6, 6.07) is 6.42. The van der Waals surface area contributed by atoms with Crippen molar-refractivity contribution < 1.29 is 13.2 Å². The number of sulfonamides is 1. The molecule has 0 fully saturated rings. The molecule has 1 amide bonds. The molecule has 4 N–H and O–H groups in total. The number of amides is 1. The SMILES string of the molecule is Cc1ccc(C(N)C(=O)Nc2nnc(NS(C)(=O)=O)s2)cc1. The Kier molecular flexibility index (Phi) is 4.74. The fraction of sp³-hybridized carbons (Fsp3) is 0.250. The van der Waals surface area contributed by atoms with Gasteiger partial charge in [-0.25, -0.2) is 8.42 Å². The van der Waals surface area contributed by atoms with Gasteiger partial charge in [0.05, 0.1) is 6.26 Å². The van der Waals surface area contributed by atoms with Crippen LogP contribution in [0.5, 0.6) is 0 Å². The summed E-state index contributed by atoms with van der Waals surface area (Å²) in [5.41, 5.74) is 7.61. The molecule has 1 unspecified atom stereocenters. The molecule has 1 heterocycles. The Labute approximate surface area is 131 Å². The molecule has 0 aliphatic heterocycles. The Balaban J connectivity index is 2.04. The van der Waals surface area contributed by atoms with Crippen molar-refractivity contribution in [3.8, 4) is 0 Å². The molecule has 2 rings (SSSR count). The van der Waals surface area contributed by atoms with Gasteiger partial charge in [0, 0.05) is 0 Å². The van der Waals surface area contributed by atoms with Gasteiger partial charge in [0.1, 0.15) is 6.04 Å². The summed E-state index contributed by atoms with van der Waals surface area (Å²) in [5.74, 6) is -0.453. The van der Waals surface area contributed by atoms with E-state index in [1.54, 1.807) is 12.1 Å². The van der Waals surface area contributed by atoms with Crippen LogP contribution in [-0.2, 0) is 14.8 Å². The second-order valence-electron chi connectivity index (χ2n) is 4.66. The molecule has 10 heteroatoms. The van der Waals surface area contributed by atoms with E-state index in [4.69, 9.17) is 5.73 Å². The molecule has 22 heavy (non-hydrogen) atoms. The number of aromatic nitrogens is 2. The zero-order valence-corrected chi connectivity index (χ0v) is 13.5. The number of nitrogens with one attached hydrogen (secondary N) is 2. The lowest BCUT2D eigenvalue weighted by atomic mass is 10.1. The molecule has 0 saturated heterocycles. The van der Waals surface area contributed by atoms with E-state index in [2.05, 4.69) is 20.2 Å². The summed E-state index contributed by atoms with van der Waals surface area (Å²) in [7, 11) is -3.44. The van der Waals surface area contributed by atoms with Crippen molar-refractivity contribution in [3.63, 3.8) is 0 Å². The quantitative estimate of drug-likeness (QED) is 0.740. The van der Waals surface area contributed by atoms with Gasteiger partial charge in [0.2, 0.25) is 26.2 Å². The highest BCUT2D eigenvalue weighted by molar-refractivity contribution is 7.92. The first-order chi connectivity index (χ1) is 10.2. The highest BCUT2D eigenvalue weighted by Gasteiger charge is 2.18. The number of rotatable bonds is 5. The molecule has 0 aliphatic rings. The first kappa shape index (κ1) is 16.3. The Morgan fingerprint density at radius 1 is 1.23 bits per heavy atom. The molecule has 0 bridgehead atoms. The van der Waals surface area contributed by atoms with Crippen LogP contribution in [0, 0.1) is 6.92 Å². The zero-order chi connectivity index (χ0) is 16.3. The number of nitrogens with two attached hydrogens (primary N) is 1. The average molecular weight is 341 g/mol. The average Bonchev–Trinajstić information content (AvgIpc) is 2.83. The first-order valence-corrected chi connectivity index (χ1v) is 8.90. The summed E-state index contributed by atoms with van der Waals surface area (Å²) in [4.78, 5) is 12.1. The molecular weight excluding hydrogens is 326 g/mol. The number of carbonyl (C=O) groups is 1. The van der Waals surface area contributed by atoms with Crippen LogP contribution < -0.4 is 15.8 Å². The maximum absolute atomic E-state index is 12.1. The van der Waals surface area contributed by atoms with Gasteiger partial charge in [-0.3, -0.25) is 14.8 Å². The molecule has 2 aromatic rings. The van der Waals surface area contributed by atoms with Crippen LogP contribution in [-0.4, -0.2) is 30.8 Å². The second-order valence-corrected chi connectivity index (χ2v) is 7.39. The predicted octanol–water partition coefficient (Wildman–Crippen LogP) is 0.857. The third kappa shape index (κ3) is 4.48. The summed E-state index contributed by atoms with van der Waals surface area (Å²) < 4.78 is 24.3. The summed E-state index contributed by atoms with van der Waals surface area (Å²) >= 11 is 0.903. The van der Waals surface area contributed by atoms with E-state index >= 15 is 0 Å². The van der Waals surface area contributed by atoms with Crippen LogP contribution in [0.4, 0.5) is 10.3 Å². The van der Waals surface area contributed by atoms with E-state index in [1.165, 1.54) is 0 Å². The summed E-state index contributed by atoms with van der Waals surface area (Å²) in [6.07, 6.45) is 1.000. The third-order valence-electron chi connectivity index (χ3n) is 2.65. The van der Waals surface area contributed by atoms with Crippen LogP contribution in [0.3, 0.4) is 0 Å². The van der Waals surface area contributed by atoms with Crippen molar-refractivity contribution in [2.24, 2.45) is 5.73 Å². The largest absolute Gasteiger partial charge is 0.316 e. The summed E-state index contributed by atoms with van der Waals surface area (Å²) in [5, 5.41) is 10.0. The van der Waals surface area contributed by atoms with Crippen LogP contribution in [0.15, 0.2) is 24.3 Å². The fourth-order valence-electron chi connectivity index (χ4n) is 1.58. The van der Waals surface area contributed by atoms with E-state index in [9.17, 15) is 13.2 Å². The molecule has 0 aliphatic carbocycles. The topological polar surface area (TPSA) is 127 Å². The van der Waals surface area contributed by atoms with Crippen molar-refractivity contribution in [2.75, 3.05) is 16.3 Å². The van der Waals surface area contributed by atoms with Crippen molar-refractivity contribution >= 4 is 37.5 Å². The number of nitrogens with zero attached hydrogens (tertiary/aromatic N) is 2.